The largest absolute Gasteiger partial charge is 0.380 e. The smallest absolute Gasteiger partial charge is 0.234 e. The van der Waals surface area contributed by atoms with Gasteiger partial charge in [-0.3, -0.25) is 4.79 Å². The number of carbonyl (C=O) groups is 1. The molecule has 0 saturated carbocycles. The van der Waals surface area contributed by atoms with Crippen molar-refractivity contribution in [3.8, 4) is 0 Å². The quantitative estimate of drug-likeness (QED) is 0.605. The van der Waals surface area contributed by atoms with Crippen molar-refractivity contribution in [2.45, 2.75) is 18.9 Å². The van der Waals surface area contributed by atoms with Gasteiger partial charge in [0, 0.05) is 26.2 Å². The third-order valence-electron chi connectivity index (χ3n) is 2.44. The summed E-state index contributed by atoms with van der Waals surface area (Å²) < 4.78 is 5.31. The zero-order valence-corrected chi connectivity index (χ0v) is 8.45. The molecule has 1 atom stereocenters. The van der Waals surface area contributed by atoms with Gasteiger partial charge < -0.3 is 21.1 Å². The molecule has 5 nitrogen and oxygen atoms in total. The van der Waals surface area contributed by atoms with Crippen LogP contribution in [0.3, 0.4) is 0 Å². The van der Waals surface area contributed by atoms with E-state index in [1.54, 1.807) is 0 Å². The molecule has 0 aliphatic carbocycles. The Hall–Kier alpha value is -0.650. The zero-order chi connectivity index (χ0) is 10.4. The topological polar surface area (TPSA) is 81.6 Å². The molecule has 0 aromatic carbocycles. The highest BCUT2D eigenvalue weighted by atomic mass is 16.5. The highest BCUT2D eigenvalue weighted by Crippen LogP contribution is 2.00. The first kappa shape index (κ1) is 11.4. The van der Waals surface area contributed by atoms with Crippen LogP contribution in [0.15, 0.2) is 0 Å². The molecule has 82 valence electrons. The third-order valence-corrected chi connectivity index (χ3v) is 2.44. The lowest BCUT2D eigenvalue weighted by Crippen LogP contribution is -2.40. The maximum atomic E-state index is 10.7. The van der Waals surface area contributed by atoms with E-state index in [4.69, 9.17) is 16.2 Å². The van der Waals surface area contributed by atoms with E-state index >= 15 is 0 Å². The fourth-order valence-electron chi connectivity index (χ4n) is 1.49. The summed E-state index contributed by atoms with van der Waals surface area (Å²) in [4.78, 5) is 13.0. The van der Waals surface area contributed by atoms with Gasteiger partial charge in [0.15, 0.2) is 0 Å². The standard InChI is InChI=1S/C9H19N3O2/c10-8(9(11)13)2-4-12-3-1-6-14-7-5-12/h8H,1-7,10H2,(H2,11,13)/t8-/m0/s1. The van der Waals surface area contributed by atoms with Crippen LogP contribution >= 0.6 is 0 Å². The number of amides is 1. The van der Waals surface area contributed by atoms with Gasteiger partial charge in [-0.05, 0) is 12.8 Å². The van der Waals surface area contributed by atoms with E-state index < -0.39 is 11.9 Å². The minimum absolute atomic E-state index is 0.420. The fraction of sp³-hybridized carbons (Fsp3) is 0.889. The molecule has 1 fully saturated rings. The van der Waals surface area contributed by atoms with Crippen LogP contribution in [0.4, 0.5) is 0 Å². The number of hydrogen-bond acceptors (Lipinski definition) is 4. The molecule has 1 aliphatic rings. The monoisotopic (exact) mass is 201 g/mol. The summed E-state index contributed by atoms with van der Waals surface area (Å²) in [6.07, 6.45) is 1.68. The van der Waals surface area contributed by atoms with Crippen LogP contribution in [0, 0.1) is 0 Å². The molecule has 1 amide bonds. The summed E-state index contributed by atoms with van der Waals surface area (Å²) in [5, 5.41) is 0. The maximum Gasteiger partial charge on any atom is 0.234 e. The summed E-state index contributed by atoms with van der Waals surface area (Å²) >= 11 is 0. The van der Waals surface area contributed by atoms with Crippen molar-refractivity contribution in [1.82, 2.24) is 4.90 Å². The SMILES string of the molecule is NC(=O)[C@@H](N)CCN1CCCOCC1. The van der Waals surface area contributed by atoms with Gasteiger partial charge in [-0.2, -0.15) is 0 Å². The molecule has 14 heavy (non-hydrogen) atoms. The summed E-state index contributed by atoms with van der Waals surface area (Å²) in [5.74, 6) is -0.420. The minimum Gasteiger partial charge on any atom is -0.380 e. The van der Waals surface area contributed by atoms with Crippen molar-refractivity contribution in [1.29, 1.82) is 0 Å². The second kappa shape index (κ2) is 5.95. The van der Waals surface area contributed by atoms with Crippen molar-refractivity contribution < 1.29 is 9.53 Å². The van der Waals surface area contributed by atoms with E-state index in [0.717, 1.165) is 39.3 Å². The lowest BCUT2D eigenvalue weighted by atomic mass is 10.2. The molecule has 1 saturated heterocycles. The Bertz CT molecular complexity index is 179. The van der Waals surface area contributed by atoms with Gasteiger partial charge in [-0.1, -0.05) is 0 Å². The molecule has 1 heterocycles. The third kappa shape index (κ3) is 4.04. The van der Waals surface area contributed by atoms with Crippen LogP contribution < -0.4 is 11.5 Å². The van der Waals surface area contributed by atoms with Crippen LogP contribution in [0.5, 0.6) is 0 Å². The van der Waals surface area contributed by atoms with Crippen LogP contribution in [-0.4, -0.2) is 49.7 Å². The summed E-state index contributed by atoms with van der Waals surface area (Å²) in [5.41, 5.74) is 10.6. The molecule has 0 aromatic heterocycles. The Labute approximate surface area is 84.4 Å². The number of primary amides is 1. The van der Waals surface area contributed by atoms with Crippen LogP contribution in [0.1, 0.15) is 12.8 Å². The number of hydrogen-bond donors (Lipinski definition) is 2. The number of carbonyl (C=O) groups excluding carboxylic acids is 1. The number of ether oxygens (including phenoxy) is 1. The van der Waals surface area contributed by atoms with Gasteiger partial charge in [0.25, 0.3) is 0 Å². The normalized spacial score (nSPS) is 21.5. The highest BCUT2D eigenvalue weighted by molar-refractivity contribution is 5.79. The van der Waals surface area contributed by atoms with Crippen molar-refractivity contribution in [3.63, 3.8) is 0 Å². The Kier molecular flexibility index (Phi) is 4.86. The number of nitrogens with two attached hydrogens (primary N) is 2. The Morgan fingerprint density at radius 1 is 1.43 bits per heavy atom. The molecule has 0 radical (unpaired) electrons. The predicted octanol–water partition coefficient (Wildman–Crippen LogP) is -1.09. The van der Waals surface area contributed by atoms with E-state index in [1.807, 2.05) is 0 Å². The van der Waals surface area contributed by atoms with Gasteiger partial charge >= 0.3 is 0 Å². The summed E-state index contributed by atoms with van der Waals surface area (Å²) in [6.45, 7) is 4.37. The average Bonchev–Trinajstić information content (AvgIpc) is 2.42. The summed E-state index contributed by atoms with van der Waals surface area (Å²) in [7, 11) is 0. The molecule has 0 spiro atoms. The van der Waals surface area contributed by atoms with Gasteiger partial charge in [0.2, 0.25) is 5.91 Å². The number of rotatable bonds is 4. The predicted molar refractivity (Wildman–Crippen MR) is 53.7 cm³/mol. The van der Waals surface area contributed by atoms with Crippen molar-refractivity contribution in [3.05, 3.63) is 0 Å². The first-order chi connectivity index (χ1) is 6.70. The van der Waals surface area contributed by atoms with Crippen LogP contribution in [0.25, 0.3) is 0 Å². The minimum atomic E-state index is -0.515. The maximum absolute atomic E-state index is 10.7. The molecule has 1 aliphatic heterocycles. The molecule has 1 rings (SSSR count). The van der Waals surface area contributed by atoms with Crippen LogP contribution in [0.2, 0.25) is 0 Å². The van der Waals surface area contributed by atoms with Gasteiger partial charge in [0.1, 0.15) is 0 Å². The molecular formula is C9H19N3O2. The molecule has 0 aromatic rings. The van der Waals surface area contributed by atoms with Crippen molar-refractivity contribution >= 4 is 5.91 Å². The van der Waals surface area contributed by atoms with E-state index in [0.29, 0.717) is 6.42 Å². The lowest BCUT2D eigenvalue weighted by molar-refractivity contribution is -0.119. The van der Waals surface area contributed by atoms with Gasteiger partial charge in [-0.25, -0.2) is 0 Å². The van der Waals surface area contributed by atoms with Gasteiger partial charge in [0.05, 0.1) is 12.6 Å². The van der Waals surface area contributed by atoms with E-state index in [9.17, 15) is 4.79 Å². The zero-order valence-electron chi connectivity index (χ0n) is 8.45. The fourth-order valence-corrected chi connectivity index (χ4v) is 1.49. The first-order valence-corrected chi connectivity index (χ1v) is 5.05. The van der Waals surface area contributed by atoms with Crippen molar-refractivity contribution in [2.24, 2.45) is 11.5 Å². The highest BCUT2D eigenvalue weighted by Gasteiger charge is 2.13. The van der Waals surface area contributed by atoms with E-state index in [-0.39, 0.29) is 0 Å². The van der Waals surface area contributed by atoms with Gasteiger partial charge in [-0.15, -0.1) is 0 Å². The number of nitrogens with zero attached hydrogens (tertiary/aromatic N) is 1. The molecular weight excluding hydrogens is 182 g/mol. The van der Waals surface area contributed by atoms with E-state index in [1.165, 1.54) is 0 Å². The van der Waals surface area contributed by atoms with E-state index in [2.05, 4.69) is 4.90 Å². The second-order valence-electron chi connectivity index (χ2n) is 3.61. The molecule has 5 heteroatoms. The second-order valence-corrected chi connectivity index (χ2v) is 3.61. The molecule has 4 N–H and O–H groups in total. The van der Waals surface area contributed by atoms with Crippen LogP contribution in [-0.2, 0) is 9.53 Å². The average molecular weight is 201 g/mol. The van der Waals surface area contributed by atoms with Crippen molar-refractivity contribution in [2.75, 3.05) is 32.8 Å². The lowest BCUT2D eigenvalue weighted by Gasteiger charge is -2.19. The Morgan fingerprint density at radius 3 is 2.93 bits per heavy atom. The summed E-state index contributed by atoms with van der Waals surface area (Å²) in [6, 6.07) is -0.515. The first-order valence-electron chi connectivity index (χ1n) is 5.05. The molecule has 0 unspecified atom stereocenters. The Balaban J connectivity index is 2.18. The molecule has 0 bridgehead atoms. The Morgan fingerprint density at radius 2 is 2.21 bits per heavy atom.